The second-order valence-corrected chi connectivity index (χ2v) is 5.79. The van der Waals surface area contributed by atoms with E-state index in [4.69, 9.17) is 4.42 Å². The number of fused-ring (bicyclic) bond motifs is 1. The normalized spacial score (nSPS) is 12.5. The molecule has 24 heavy (non-hydrogen) atoms. The Hall–Kier alpha value is -2.92. The van der Waals surface area contributed by atoms with Gasteiger partial charge in [0.05, 0.1) is 12.2 Å². The fourth-order valence-electron chi connectivity index (χ4n) is 2.77. The zero-order chi connectivity index (χ0) is 16.4. The van der Waals surface area contributed by atoms with Crippen LogP contribution in [0.2, 0.25) is 0 Å². The van der Waals surface area contributed by atoms with Gasteiger partial charge in [0.1, 0.15) is 24.0 Å². The van der Waals surface area contributed by atoms with Gasteiger partial charge in [-0.05, 0) is 36.8 Å². The number of furan rings is 1. The monoisotopic (exact) mass is 318 g/mol. The Morgan fingerprint density at radius 2 is 2.04 bits per heavy atom. The highest BCUT2D eigenvalue weighted by molar-refractivity contribution is 5.77. The van der Waals surface area contributed by atoms with Gasteiger partial charge < -0.3 is 9.73 Å². The largest absolute Gasteiger partial charge is 0.460 e. The van der Waals surface area contributed by atoms with Crippen LogP contribution in [0.1, 0.15) is 24.3 Å². The van der Waals surface area contributed by atoms with Crippen LogP contribution in [0.25, 0.3) is 16.7 Å². The Morgan fingerprint density at radius 1 is 1.12 bits per heavy atom. The van der Waals surface area contributed by atoms with Crippen LogP contribution in [-0.4, -0.2) is 14.8 Å². The van der Waals surface area contributed by atoms with Crippen molar-refractivity contribution in [3.63, 3.8) is 0 Å². The highest BCUT2D eigenvalue weighted by atomic mass is 16.3. The summed E-state index contributed by atoms with van der Waals surface area (Å²) < 4.78 is 7.61. The van der Waals surface area contributed by atoms with E-state index in [1.807, 2.05) is 30.3 Å². The summed E-state index contributed by atoms with van der Waals surface area (Å²) in [6, 6.07) is 18.6. The van der Waals surface area contributed by atoms with E-state index in [2.05, 4.69) is 46.6 Å². The van der Waals surface area contributed by atoms with E-state index in [9.17, 15) is 0 Å². The zero-order valence-electron chi connectivity index (χ0n) is 13.4. The molecule has 0 saturated heterocycles. The van der Waals surface area contributed by atoms with Crippen molar-refractivity contribution in [1.29, 1.82) is 0 Å². The number of hydrogen-bond acceptors (Lipinski definition) is 4. The van der Waals surface area contributed by atoms with Crippen molar-refractivity contribution < 1.29 is 4.42 Å². The molecule has 1 atom stereocenters. The van der Waals surface area contributed by atoms with Crippen molar-refractivity contribution in [2.24, 2.45) is 0 Å². The highest BCUT2D eigenvalue weighted by Crippen LogP contribution is 2.20. The maximum atomic E-state index is 5.85. The van der Waals surface area contributed by atoms with E-state index in [0.717, 1.165) is 22.4 Å². The number of benzene rings is 2. The lowest BCUT2D eigenvalue weighted by atomic mass is 10.1. The summed E-state index contributed by atoms with van der Waals surface area (Å²) in [6.45, 7) is 2.83. The van der Waals surface area contributed by atoms with Crippen LogP contribution in [0.15, 0.2) is 71.7 Å². The number of nitrogens with one attached hydrogen (secondary N) is 1. The van der Waals surface area contributed by atoms with Gasteiger partial charge >= 0.3 is 0 Å². The Morgan fingerprint density at radius 3 is 2.88 bits per heavy atom. The third kappa shape index (κ3) is 2.94. The summed E-state index contributed by atoms with van der Waals surface area (Å²) in [7, 11) is 0. The van der Waals surface area contributed by atoms with E-state index in [0.29, 0.717) is 6.54 Å². The molecule has 5 heteroatoms. The molecule has 2 aromatic carbocycles. The van der Waals surface area contributed by atoms with Crippen molar-refractivity contribution >= 4 is 11.0 Å². The van der Waals surface area contributed by atoms with E-state index in [1.54, 1.807) is 11.0 Å². The second kappa shape index (κ2) is 6.29. The van der Waals surface area contributed by atoms with E-state index >= 15 is 0 Å². The molecule has 0 amide bonds. The molecule has 0 radical (unpaired) electrons. The molecular formula is C19H18N4O. The van der Waals surface area contributed by atoms with Gasteiger partial charge in [0, 0.05) is 11.4 Å². The minimum Gasteiger partial charge on any atom is -0.460 e. The fourth-order valence-corrected chi connectivity index (χ4v) is 2.77. The van der Waals surface area contributed by atoms with Gasteiger partial charge in [-0.2, -0.15) is 5.10 Å². The molecule has 0 aliphatic rings. The van der Waals surface area contributed by atoms with Gasteiger partial charge in [0.25, 0.3) is 0 Å². The number of nitrogens with zero attached hydrogens (tertiary/aromatic N) is 3. The Kier molecular flexibility index (Phi) is 3.84. The second-order valence-electron chi connectivity index (χ2n) is 5.79. The minimum atomic E-state index is 0.196. The first-order valence-corrected chi connectivity index (χ1v) is 7.95. The summed E-state index contributed by atoms with van der Waals surface area (Å²) in [4.78, 5) is 3.99. The molecule has 0 aliphatic carbocycles. The zero-order valence-corrected chi connectivity index (χ0v) is 13.4. The minimum absolute atomic E-state index is 0.196. The molecule has 0 fully saturated rings. The van der Waals surface area contributed by atoms with Gasteiger partial charge in [-0.3, -0.25) is 0 Å². The lowest BCUT2D eigenvalue weighted by molar-refractivity contribution is 0.482. The number of para-hydroxylation sites is 1. The van der Waals surface area contributed by atoms with Crippen LogP contribution in [0.3, 0.4) is 0 Å². The van der Waals surface area contributed by atoms with Gasteiger partial charge in [0.15, 0.2) is 0 Å². The first-order chi connectivity index (χ1) is 11.8. The molecule has 0 unspecified atom stereocenters. The van der Waals surface area contributed by atoms with Crippen molar-refractivity contribution in [1.82, 2.24) is 20.1 Å². The van der Waals surface area contributed by atoms with Crippen molar-refractivity contribution in [3.8, 4) is 5.69 Å². The average Bonchev–Trinajstić information content (AvgIpc) is 3.29. The van der Waals surface area contributed by atoms with Crippen LogP contribution >= 0.6 is 0 Å². The molecule has 0 bridgehead atoms. The number of aromatic nitrogens is 3. The molecular weight excluding hydrogens is 300 g/mol. The highest BCUT2D eigenvalue weighted by Gasteiger charge is 2.09. The van der Waals surface area contributed by atoms with E-state index < -0.39 is 0 Å². The average molecular weight is 318 g/mol. The van der Waals surface area contributed by atoms with E-state index in [-0.39, 0.29) is 6.04 Å². The third-order valence-electron chi connectivity index (χ3n) is 4.11. The van der Waals surface area contributed by atoms with Gasteiger partial charge in [-0.25, -0.2) is 9.67 Å². The molecule has 1 N–H and O–H groups in total. The maximum absolute atomic E-state index is 5.85. The lowest BCUT2D eigenvalue weighted by Crippen LogP contribution is -2.18. The Bertz CT molecular complexity index is 910. The third-order valence-corrected chi connectivity index (χ3v) is 4.11. The quantitative estimate of drug-likeness (QED) is 0.607. The van der Waals surface area contributed by atoms with Gasteiger partial charge in [-0.15, -0.1) is 0 Å². The lowest BCUT2D eigenvalue weighted by Gasteiger charge is -2.14. The number of rotatable bonds is 5. The van der Waals surface area contributed by atoms with Crippen molar-refractivity contribution in [2.45, 2.75) is 19.5 Å². The van der Waals surface area contributed by atoms with Gasteiger partial charge in [-0.1, -0.05) is 30.3 Å². The van der Waals surface area contributed by atoms with Crippen LogP contribution in [0.5, 0.6) is 0 Å². The van der Waals surface area contributed by atoms with Crippen LogP contribution in [0.4, 0.5) is 0 Å². The molecule has 0 aliphatic heterocycles. The van der Waals surface area contributed by atoms with Crippen molar-refractivity contribution in [2.75, 3.05) is 0 Å². The molecule has 120 valence electrons. The first-order valence-electron chi connectivity index (χ1n) is 7.95. The SMILES string of the molecule is C[C@@H](NCc1cc2ccccc2o1)c1cccc(-n2cncn2)c1. The predicted molar refractivity (Wildman–Crippen MR) is 92.8 cm³/mol. The molecule has 5 nitrogen and oxygen atoms in total. The summed E-state index contributed by atoms with van der Waals surface area (Å²) in [5, 5.41) is 8.82. The summed E-state index contributed by atoms with van der Waals surface area (Å²) in [6.07, 6.45) is 3.24. The fraction of sp³-hybridized carbons (Fsp3) is 0.158. The smallest absolute Gasteiger partial charge is 0.138 e. The van der Waals surface area contributed by atoms with Crippen LogP contribution in [-0.2, 0) is 6.54 Å². The van der Waals surface area contributed by atoms with Crippen molar-refractivity contribution in [3.05, 3.63) is 78.6 Å². The van der Waals surface area contributed by atoms with Gasteiger partial charge in [0.2, 0.25) is 0 Å². The predicted octanol–water partition coefficient (Wildman–Crippen LogP) is 3.86. The molecule has 4 rings (SSSR count). The molecule has 0 saturated carbocycles. The molecule has 2 aromatic heterocycles. The number of hydrogen-bond donors (Lipinski definition) is 1. The van der Waals surface area contributed by atoms with Crippen LogP contribution in [0, 0.1) is 0 Å². The van der Waals surface area contributed by atoms with E-state index in [1.165, 1.54) is 11.9 Å². The Labute approximate surface area is 139 Å². The first kappa shape index (κ1) is 14.7. The topological polar surface area (TPSA) is 55.9 Å². The Balaban J connectivity index is 1.48. The molecule has 0 spiro atoms. The maximum Gasteiger partial charge on any atom is 0.138 e. The standard InChI is InChI=1S/C19H18N4O/c1-14(15-6-4-7-17(9-15)23-13-20-12-22-23)21-11-18-10-16-5-2-3-8-19(16)24-18/h2-10,12-14,21H,11H2,1H3/t14-/m1/s1. The summed E-state index contributed by atoms with van der Waals surface area (Å²) in [5.74, 6) is 0.940. The summed E-state index contributed by atoms with van der Waals surface area (Å²) >= 11 is 0. The van der Waals surface area contributed by atoms with Crippen LogP contribution < -0.4 is 5.32 Å². The summed E-state index contributed by atoms with van der Waals surface area (Å²) in [5.41, 5.74) is 3.12. The molecule has 4 aromatic rings. The molecule has 2 heterocycles.